The molecule has 6 rings (SSSR count). The third-order valence-electron chi connectivity index (χ3n) is 6.94. The highest BCUT2D eigenvalue weighted by atomic mass is 14.7. The van der Waals surface area contributed by atoms with E-state index in [1.807, 2.05) is 6.20 Å². The monoisotopic (exact) mass is 375 g/mol. The molecule has 0 atom stereocenters. The van der Waals surface area contributed by atoms with E-state index < -0.39 is 0 Å². The van der Waals surface area contributed by atoms with Gasteiger partial charge >= 0.3 is 0 Å². The smallest absolute Gasteiger partial charge is 0.0783 e. The highest BCUT2D eigenvalue weighted by Gasteiger charge is 2.23. The van der Waals surface area contributed by atoms with Gasteiger partial charge in [0.25, 0.3) is 0 Å². The lowest BCUT2D eigenvalue weighted by molar-refractivity contribution is 0.724. The van der Waals surface area contributed by atoms with Gasteiger partial charge in [-0.2, -0.15) is 0 Å². The molecule has 1 nitrogen and oxygen atoms in total. The summed E-state index contributed by atoms with van der Waals surface area (Å²) in [6.07, 6.45) is 8.42. The van der Waals surface area contributed by atoms with Crippen LogP contribution in [0.1, 0.15) is 53.9 Å². The molecule has 3 aromatic carbocycles. The minimum absolute atomic E-state index is 0.744. The Morgan fingerprint density at radius 1 is 0.828 bits per heavy atom. The summed E-state index contributed by atoms with van der Waals surface area (Å²) < 4.78 is 0. The maximum Gasteiger partial charge on any atom is 0.0783 e. The van der Waals surface area contributed by atoms with E-state index in [0.29, 0.717) is 0 Å². The Bertz CT molecular complexity index is 1240. The molecule has 29 heavy (non-hydrogen) atoms. The number of aryl methyl sites for hydroxylation is 1. The predicted octanol–water partition coefficient (Wildman–Crippen LogP) is 7.44. The van der Waals surface area contributed by atoms with Crippen molar-refractivity contribution in [1.29, 1.82) is 0 Å². The molecule has 1 saturated carbocycles. The van der Waals surface area contributed by atoms with Crippen LogP contribution in [-0.4, -0.2) is 4.98 Å². The van der Waals surface area contributed by atoms with Crippen LogP contribution >= 0.6 is 0 Å². The molecule has 0 amide bonds. The second-order valence-corrected chi connectivity index (χ2v) is 8.79. The summed E-state index contributed by atoms with van der Waals surface area (Å²) in [6, 6.07) is 22.8. The largest absolute Gasteiger partial charge is 0.256 e. The third-order valence-corrected chi connectivity index (χ3v) is 6.94. The average molecular weight is 376 g/mol. The van der Waals surface area contributed by atoms with Gasteiger partial charge in [-0.25, -0.2) is 0 Å². The lowest BCUT2D eigenvalue weighted by Crippen LogP contribution is -1.95. The van der Waals surface area contributed by atoms with Crippen LogP contribution in [0.25, 0.3) is 33.2 Å². The Balaban J connectivity index is 1.53. The minimum Gasteiger partial charge on any atom is -0.256 e. The van der Waals surface area contributed by atoms with Gasteiger partial charge in [-0.1, -0.05) is 61.4 Å². The van der Waals surface area contributed by atoms with Crippen LogP contribution in [0.5, 0.6) is 0 Å². The zero-order valence-corrected chi connectivity index (χ0v) is 16.9. The van der Waals surface area contributed by atoms with Gasteiger partial charge in [0, 0.05) is 17.1 Å². The molecule has 0 bridgehead atoms. The number of rotatable bonds is 2. The second-order valence-electron chi connectivity index (χ2n) is 8.79. The Morgan fingerprint density at radius 2 is 1.66 bits per heavy atom. The summed E-state index contributed by atoms with van der Waals surface area (Å²) in [5, 5.41) is 2.60. The van der Waals surface area contributed by atoms with E-state index in [1.165, 1.54) is 75.4 Å². The fraction of sp³-hybridized carbons (Fsp3) is 0.250. The van der Waals surface area contributed by atoms with Crippen molar-refractivity contribution in [3.8, 4) is 22.4 Å². The van der Waals surface area contributed by atoms with Crippen LogP contribution in [0.2, 0.25) is 0 Å². The normalized spacial score (nSPS) is 15.6. The van der Waals surface area contributed by atoms with Gasteiger partial charge in [-0.05, 0) is 83.0 Å². The van der Waals surface area contributed by atoms with Crippen molar-refractivity contribution >= 4 is 10.8 Å². The second kappa shape index (κ2) is 6.56. The summed E-state index contributed by atoms with van der Waals surface area (Å²) in [7, 11) is 0. The lowest BCUT2D eigenvalue weighted by Gasteiger charge is -2.15. The first-order valence-electron chi connectivity index (χ1n) is 10.9. The van der Waals surface area contributed by atoms with Crippen molar-refractivity contribution in [2.24, 2.45) is 0 Å². The molecule has 1 heteroatoms. The SMILES string of the molecule is Cc1cc2c(c(-c3nccc4cc(C5CCCC5)ccc34)c1)Cc1ccccc1-2. The summed E-state index contributed by atoms with van der Waals surface area (Å²) in [5.74, 6) is 0.744. The van der Waals surface area contributed by atoms with Crippen LogP contribution in [0.4, 0.5) is 0 Å². The minimum atomic E-state index is 0.744. The third kappa shape index (κ3) is 2.72. The molecule has 0 spiro atoms. The highest BCUT2D eigenvalue weighted by Crippen LogP contribution is 2.43. The topological polar surface area (TPSA) is 12.9 Å². The van der Waals surface area contributed by atoms with Crippen LogP contribution in [0, 0.1) is 6.92 Å². The molecule has 4 aromatic rings. The van der Waals surface area contributed by atoms with E-state index in [2.05, 4.69) is 67.6 Å². The Hall–Kier alpha value is -2.93. The molecule has 2 aliphatic rings. The number of aromatic nitrogens is 1. The van der Waals surface area contributed by atoms with Crippen molar-refractivity contribution in [2.45, 2.75) is 44.9 Å². The average Bonchev–Trinajstić information content (AvgIpc) is 3.41. The van der Waals surface area contributed by atoms with Crippen LogP contribution in [0.15, 0.2) is 66.9 Å². The molecule has 142 valence electrons. The molecular weight excluding hydrogens is 350 g/mol. The maximum absolute atomic E-state index is 4.89. The van der Waals surface area contributed by atoms with Crippen molar-refractivity contribution < 1.29 is 0 Å². The molecule has 0 saturated heterocycles. The van der Waals surface area contributed by atoms with Crippen molar-refractivity contribution in [1.82, 2.24) is 4.98 Å². The molecule has 0 unspecified atom stereocenters. The van der Waals surface area contributed by atoms with E-state index in [9.17, 15) is 0 Å². The number of benzene rings is 3. The number of fused-ring (bicyclic) bond motifs is 4. The lowest BCUT2D eigenvalue weighted by atomic mass is 9.91. The van der Waals surface area contributed by atoms with Crippen molar-refractivity contribution in [2.75, 3.05) is 0 Å². The fourth-order valence-corrected chi connectivity index (χ4v) is 5.51. The number of nitrogens with zero attached hydrogens (tertiary/aromatic N) is 1. The van der Waals surface area contributed by atoms with Crippen LogP contribution in [0.3, 0.4) is 0 Å². The maximum atomic E-state index is 4.89. The van der Waals surface area contributed by atoms with Crippen molar-refractivity contribution in [3.05, 3.63) is 89.1 Å². The molecule has 1 aromatic heterocycles. The standard InChI is InChI=1S/C28H25N/c1-18-14-25-23-9-5-4-8-21(23)17-26(25)27(15-18)28-24-11-10-20(19-6-2-3-7-19)16-22(24)12-13-29-28/h4-5,8-16,19H,2-3,6-7,17H2,1H3. The van der Waals surface area contributed by atoms with Crippen LogP contribution in [-0.2, 0) is 6.42 Å². The molecule has 1 fully saturated rings. The first kappa shape index (κ1) is 17.0. The van der Waals surface area contributed by atoms with Gasteiger partial charge < -0.3 is 0 Å². The van der Waals surface area contributed by atoms with Gasteiger partial charge in [-0.15, -0.1) is 0 Å². The Kier molecular flexibility index (Phi) is 3.84. The quantitative estimate of drug-likeness (QED) is 0.312. The van der Waals surface area contributed by atoms with E-state index in [4.69, 9.17) is 4.98 Å². The summed E-state index contributed by atoms with van der Waals surface area (Å²) in [4.78, 5) is 4.89. The van der Waals surface area contributed by atoms with Gasteiger partial charge in [0.05, 0.1) is 5.69 Å². The van der Waals surface area contributed by atoms with E-state index >= 15 is 0 Å². The predicted molar refractivity (Wildman–Crippen MR) is 121 cm³/mol. The fourth-order valence-electron chi connectivity index (χ4n) is 5.51. The number of hydrogen-bond donors (Lipinski definition) is 0. The summed E-state index contributed by atoms with van der Waals surface area (Å²) >= 11 is 0. The first-order chi connectivity index (χ1) is 14.3. The molecule has 2 aliphatic carbocycles. The highest BCUT2D eigenvalue weighted by molar-refractivity contribution is 5.97. The van der Waals surface area contributed by atoms with Gasteiger partial charge in [0.1, 0.15) is 0 Å². The zero-order valence-electron chi connectivity index (χ0n) is 16.9. The number of pyridine rings is 1. The van der Waals surface area contributed by atoms with Gasteiger partial charge in [0.2, 0.25) is 0 Å². The van der Waals surface area contributed by atoms with Gasteiger partial charge in [0.15, 0.2) is 0 Å². The molecule has 0 N–H and O–H groups in total. The Morgan fingerprint density at radius 3 is 2.55 bits per heavy atom. The summed E-state index contributed by atoms with van der Waals surface area (Å²) in [5.41, 5.74) is 10.9. The first-order valence-corrected chi connectivity index (χ1v) is 10.9. The molecule has 1 heterocycles. The van der Waals surface area contributed by atoms with E-state index in [-0.39, 0.29) is 0 Å². The molecular formula is C28H25N. The zero-order chi connectivity index (χ0) is 19.4. The van der Waals surface area contributed by atoms with Crippen molar-refractivity contribution in [3.63, 3.8) is 0 Å². The number of hydrogen-bond acceptors (Lipinski definition) is 1. The van der Waals surface area contributed by atoms with E-state index in [1.54, 1.807) is 0 Å². The molecule has 0 radical (unpaired) electrons. The van der Waals surface area contributed by atoms with E-state index in [0.717, 1.165) is 18.0 Å². The molecule has 0 aliphatic heterocycles. The van der Waals surface area contributed by atoms with Crippen LogP contribution < -0.4 is 0 Å². The van der Waals surface area contributed by atoms with Gasteiger partial charge in [-0.3, -0.25) is 4.98 Å². The summed E-state index contributed by atoms with van der Waals surface area (Å²) in [6.45, 7) is 2.20. The Labute approximate surface area is 172 Å².